The summed E-state index contributed by atoms with van der Waals surface area (Å²) in [5.41, 5.74) is 0.864. The molecule has 0 amide bonds. The van der Waals surface area contributed by atoms with Crippen LogP contribution in [0.3, 0.4) is 0 Å². The zero-order chi connectivity index (χ0) is 22.9. The van der Waals surface area contributed by atoms with Crippen molar-refractivity contribution in [2.45, 2.75) is 18.9 Å². The first-order valence-corrected chi connectivity index (χ1v) is 11.5. The van der Waals surface area contributed by atoms with Crippen molar-refractivity contribution in [3.8, 4) is 0 Å². The zero-order valence-electron chi connectivity index (χ0n) is 19.5. The second-order valence-corrected chi connectivity index (χ2v) is 8.25. The number of aliphatic hydroxyl groups is 1. The van der Waals surface area contributed by atoms with Gasteiger partial charge in [0.05, 0.1) is 6.54 Å². The molecule has 1 atom stereocenters. The van der Waals surface area contributed by atoms with Gasteiger partial charge in [-0.2, -0.15) is 0 Å². The lowest BCUT2D eigenvalue weighted by Gasteiger charge is -2.37. The summed E-state index contributed by atoms with van der Waals surface area (Å²) in [4.78, 5) is 18.1. The number of benzene rings is 2. The third kappa shape index (κ3) is 6.66. The Labute approximate surface area is 219 Å². The molecule has 0 spiro atoms. The van der Waals surface area contributed by atoms with Gasteiger partial charge in [-0.15, -0.1) is 24.0 Å². The van der Waals surface area contributed by atoms with Crippen LogP contribution in [-0.4, -0.2) is 65.2 Å². The highest BCUT2D eigenvalue weighted by Crippen LogP contribution is 2.26. The Morgan fingerprint density at radius 1 is 0.941 bits per heavy atom. The van der Waals surface area contributed by atoms with Crippen LogP contribution in [0, 0.1) is 0 Å². The number of nitrogens with one attached hydrogen (secondary N) is 1. The van der Waals surface area contributed by atoms with Crippen LogP contribution in [0.4, 0.5) is 5.95 Å². The van der Waals surface area contributed by atoms with Gasteiger partial charge in [-0.25, -0.2) is 15.0 Å². The Balaban J connectivity index is 0.00000324. The Hall–Kier alpha value is -2.72. The smallest absolute Gasteiger partial charge is 0.225 e. The summed E-state index contributed by atoms with van der Waals surface area (Å²) >= 11 is 0. The molecular formula is C26H33IN6O. The third-order valence-electron chi connectivity index (χ3n) is 5.89. The van der Waals surface area contributed by atoms with Crippen LogP contribution in [0.5, 0.6) is 0 Å². The number of rotatable bonds is 7. The summed E-state index contributed by atoms with van der Waals surface area (Å²) in [7, 11) is 0. The van der Waals surface area contributed by atoms with Crippen LogP contribution in [0.15, 0.2) is 84.1 Å². The molecule has 2 heterocycles. The van der Waals surface area contributed by atoms with Gasteiger partial charge in [-0.05, 0) is 24.1 Å². The van der Waals surface area contributed by atoms with Gasteiger partial charge in [0.15, 0.2) is 5.96 Å². The molecular weight excluding hydrogens is 539 g/mol. The molecule has 34 heavy (non-hydrogen) atoms. The van der Waals surface area contributed by atoms with Crippen molar-refractivity contribution in [3.63, 3.8) is 0 Å². The average Bonchev–Trinajstić information content (AvgIpc) is 2.88. The summed E-state index contributed by atoms with van der Waals surface area (Å²) in [5.74, 6) is 1.59. The molecule has 180 valence electrons. The van der Waals surface area contributed by atoms with E-state index in [9.17, 15) is 5.11 Å². The van der Waals surface area contributed by atoms with Gasteiger partial charge in [-0.3, -0.25) is 0 Å². The molecule has 1 saturated heterocycles. The molecule has 1 unspecified atom stereocenters. The van der Waals surface area contributed by atoms with Gasteiger partial charge in [0.2, 0.25) is 5.95 Å². The van der Waals surface area contributed by atoms with E-state index >= 15 is 0 Å². The predicted molar refractivity (Wildman–Crippen MR) is 148 cm³/mol. The first-order chi connectivity index (χ1) is 16.2. The molecule has 1 aliphatic heterocycles. The maximum atomic E-state index is 11.8. The minimum Gasteiger partial charge on any atom is -0.383 e. The number of aromatic nitrogens is 2. The van der Waals surface area contributed by atoms with E-state index in [1.807, 2.05) is 66.7 Å². The first kappa shape index (κ1) is 25.9. The van der Waals surface area contributed by atoms with Crippen LogP contribution < -0.4 is 10.2 Å². The largest absolute Gasteiger partial charge is 0.383 e. The van der Waals surface area contributed by atoms with Gasteiger partial charge >= 0.3 is 0 Å². The lowest BCUT2D eigenvalue weighted by atomic mass is 9.87. The standard InChI is InChI=1S/C26H32N6O.HI/c1-2-27-24(31-16-18-32(19-17-31)25-28-14-9-15-29-25)30-21-26(33,23-12-7-4-8-13-23)20-22-10-5-3-6-11-22;/h3-15,33H,2,16-21H2,1H3,(H,27,30);1H. The van der Waals surface area contributed by atoms with Crippen molar-refractivity contribution in [1.82, 2.24) is 20.2 Å². The molecule has 1 fully saturated rings. The van der Waals surface area contributed by atoms with Crippen LogP contribution >= 0.6 is 24.0 Å². The predicted octanol–water partition coefficient (Wildman–Crippen LogP) is 3.31. The average molecular weight is 572 g/mol. The molecule has 0 saturated carbocycles. The topological polar surface area (TPSA) is 76.9 Å². The SMILES string of the molecule is CCNC(=NCC(O)(Cc1ccccc1)c1ccccc1)N1CCN(c2ncccn2)CC1.I. The van der Waals surface area contributed by atoms with Gasteiger partial charge in [-0.1, -0.05) is 60.7 Å². The number of piperazine rings is 1. The number of aliphatic imine (C=N–C) groups is 1. The summed E-state index contributed by atoms with van der Waals surface area (Å²) in [6.07, 6.45) is 4.05. The monoisotopic (exact) mass is 572 g/mol. The number of hydrogen-bond donors (Lipinski definition) is 2. The van der Waals surface area contributed by atoms with E-state index in [0.717, 1.165) is 55.8 Å². The number of hydrogen-bond acceptors (Lipinski definition) is 5. The van der Waals surface area contributed by atoms with Gasteiger partial charge in [0.1, 0.15) is 5.60 Å². The quantitative estimate of drug-likeness (QED) is 0.257. The van der Waals surface area contributed by atoms with Crippen LogP contribution in [0.2, 0.25) is 0 Å². The number of halogens is 1. The van der Waals surface area contributed by atoms with Crippen LogP contribution in [0.1, 0.15) is 18.1 Å². The van der Waals surface area contributed by atoms with Crippen LogP contribution in [-0.2, 0) is 12.0 Å². The maximum absolute atomic E-state index is 11.8. The fraction of sp³-hybridized carbons (Fsp3) is 0.346. The molecule has 8 heteroatoms. The molecule has 1 aliphatic rings. The lowest BCUT2D eigenvalue weighted by Crippen LogP contribution is -2.53. The lowest BCUT2D eigenvalue weighted by molar-refractivity contribution is 0.0464. The molecule has 2 N–H and O–H groups in total. The van der Waals surface area contributed by atoms with E-state index in [2.05, 4.69) is 32.0 Å². The second kappa shape index (κ2) is 12.7. The molecule has 3 aromatic rings. The number of nitrogens with zero attached hydrogens (tertiary/aromatic N) is 5. The van der Waals surface area contributed by atoms with Gasteiger partial charge in [0.25, 0.3) is 0 Å². The highest BCUT2D eigenvalue weighted by Gasteiger charge is 2.30. The van der Waals surface area contributed by atoms with E-state index in [-0.39, 0.29) is 30.5 Å². The van der Waals surface area contributed by atoms with Crippen molar-refractivity contribution in [3.05, 3.63) is 90.3 Å². The van der Waals surface area contributed by atoms with E-state index in [0.29, 0.717) is 6.42 Å². The fourth-order valence-electron chi connectivity index (χ4n) is 4.14. The van der Waals surface area contributed by atoms with Crippen molar-refractivity contribution in [1.29, 1.82) is 0 Å². The first-order valence-electron chi connectivity index (χ1n) is 11.5. The maximum Gasteiger partial charge on any atom is 0.225 e. The highest BCUT2D eigenvalue weighted by atomic mass is 127. The molecule has 0 aliphatic carbocycles. The number of guanidine groups is 1. The highest BCUT2D eigenvalue weighted by molar-refractivity contribution is 14.0. The Bertz CT molecular complexity index is 1010. The summed E-state index contributed by atoms with van der Waals surface area (Å²) < 4.78 is 0. The zero-order valence-corrected chi connectivity index (χ0v) is 21.9. The van der Waals surface area contributed by atoms with Crippen molar-refractivity contribution in [2.24, 2.45) is 4.99 Å². The summed E-state index contributed by atoms with van der Waals surface area (Å²) in [5, 5.41) is 15.2. The second-order valence-electron chi connectivity index (χ2n) is 8.25. The van der Waals surface area contributed by atoms with E-state index < -0.39 is 5.60 Å². The molecule has 0 radical (unpaired) electrons. The van der Waals surface area contributed by atoms with Crippen molar-refractivity contribution in [2.75, 3.05) is 44.2 Å². The van der Waals surface area contributed by atoms with Gasteiger partial charge in [0, 0.05) is 51.5 Å². The fourth-order valence-corrected chi connectivity index (χ4v) is 4.14. The summed E-state index contributed by atoms with van der Waals surface area (Å²) in [6, 6.07) is 21.8. The Kier molecular flexibility index (Phi) is 9.64. The van der Waals surface area contributed by atoms with Gasteiger partial charge < -0.3 is 20.2 Å². The van der Waals surface area contributed by atoms with E-state index in [4.69, 9.17) is 4.99 Å². The molecule has 2 aromatic carbocycles. The normalized spacial score (nSPS) is 15.9. The minimum absolute atomic E-state index is 0. The molecule has 0 bridgehead atoms. The number of anilines is 1. The van der Waals surface area contributed by atoms with Crippen molar-refractivity contribution < 1.29 is 5.11 Å². The Morgan fingerprint density at radius 2 is 1.56 bits per heavy atom. The minimum atomic E-state index is -1.09. The molecule has 7 nitrogen and oxygen atoms in total. The Morgan fingerprint density at radius 3 is 2.18 bits per heavy atom. The molecule has 4 rings (SSSR count). The van der Waals surface area contributed by atoms with E-state index in [1.165, 1.54) is 0 Å². The third-order valence-corrected chi connectivity index (χ3v) is 5.89. The summed E-state index contributed by atoms with van der Waals surface area (Å²) in [6.45, 7) is 6.37. The molecule has 1 aromatic heterocycles. The van der Waals surface area contributed by atoms with Crippen LogP contribution in [0.25, 0.3) is 0 Å². The van der Waals surface area contributed by atoms with Crippen molar-refractivity contribution >= 4 is 35.9 Å². The van der Waals surface area contributed by atoms with E-state index in [1.54, 1.807) is 12.4 Å².